The van der Waals surface area contributed by atoms with Crippen molar-refractivity contribution in [3.05, 3.63) is 42.2 Å². The molecule has 1 aromatic carbocycles. The fourth-order valence-electron chi connectivity index (χ4n) is 1.40. The molecule has 0 spiro atoms. The summed E-state index contributed by atoms with van der Waals surface area (Å²) in [6.45, 7) is 6.23. The van der Waals surface area contributed by atoms with E-state index in [0.717, 1.165) is 11.5 Å². The Kier molecular flexibility index (Phi) is 2.95. The number of hydrogen-bond donors (Lipinski definition) is 0. The number of rotatable bonds is 3. The standard InChI is InChI=1S/C13H16N2O/c1-10(2)15-9-13(8-14-15)16-12-6-4-11(3)5-7-12/h4-10H,1-3H3. The summed E-state index contributed by atoms with van der Waals surface area (Å²) >= 11 is 0. The van der Waals surface area contributed by atoms with Gasteiger partial charge in [-0.05, 0) is 32.9 Å². The van der Waals surface area contributed by atoms with Gasteiger partial charge in [-0.1, -0.05) is 17.7 Å². The number of hydrogen-bond acceptors (Lipinski definition) is 2. The lowest BCUT2D eigenvalue weighted by atomic mass is 10.2. The van der Waals surface area contributed by atoms with Gasteiger partial charge in [-0.2, -0.15) is 5.10 Å². The van der Waals surface area contributed by atoms with Crippen molar-refractivity contribution < 1.29 is 4.74 Å². The van der Waals surface area contributed by atoms with Crippen LogP contribution >= 0.6 is 0 Å². The molecule has 0 aliphatic heterocycles. The summed E-state index contributed by atoms with van der Waals surface area (Å²) in [7, 11) is 0. The summed E-state index contributed by atoms with van der Waals surface area (Å²) in [6, 6.07) is 8.34. The second-order valence-corrected chi connectivity index (χ2v) is 4.16. The molecule has 0 N–H and O–H groups in total. The summed E-state index contributed by atoms with van der Waals surface area (Å²) < 4.78 is 7.56. The fraction of sp³-hybridized carbons (Fsp3) is 0.308. The predicted molar refractivity (Wildman–Crippen MR) is 63.9 cm³/mol. The Labute approximate surface area is 95.7 Å². The van der Waals surface area contributed by atoms with E-state index in [4.69, 9.17) is 4.74 Å². The monoisotopic (exact) mass is 216 g/mol. The Balaban J connectivity index is 2.11. The lowest BCUT2D eigenvalue weighted by Gasteiger charge is -2.04. The second kappa shape index (κ2) is 4.39. The van der Waals surface area contributed by atoms with Crippen LogP contribution in [0, 0.1) is 6.92 Å². The van der Waals surface area contributed by atoms with Gasteiger partial charge in [0.15, 0.2) is 5.75 Å². The van der Waals surface area contributed by atoms with Crippen LogP contribution in [-0.4, -0.2) is 9.78 Å². The van der Waals surface area contributed by atoms with Crippen LogP contribution in [0.3, 0.4) is 0 Å². The maximum Gasteiger partial charge on any atom is 0.165 e. The molecule has 0 aliphatic carbocycles. The fourth-order valence-corrected chi connectivity index (χ4v) is 1.40. The smallest absolute Gasteiger partial charge is 0.165 e. The first-order chi connectivity index (χ1) is 7.65. The van der Waals surface area contributed by atoms with E-state index in [2.05, 4.69) is 25.9 Å². The van der Waals surface area contributed by atoms with Crippen molar-refractivity contribution in [1.29, 1.82) is 0 Å². The molecule has 2 aromatic rings. The normalized spacial score (nSPS) is 10.8. The average Bonchev–Trinajstić information content (AvgIpc) is 2.70. The van der Waals surface area contributed by atoms with E-state index >= 15 is 0 Å². The predicted octanol–water partition coefficient (Wildman–Crippen LogP) is 3.56. The van der Waals surface area contributed by atoms with E-state index in [1.54, 1.807) is 6.20 Å². The van der Waals surface area contributed by atoms with Gasteiger partial charge in [0.25, 0.3) is 0 Å². The van der Waals surface area contributed by atoms with Crippen LogP contribution in [-0.2, 0) is 0 Å². The first-order valence-corrected chi connectivity index (χ1v) is 5.44. The zero-order valence-electron chi connectivity index (χ0n) is 9.84. The molecule has 84 valence electrons. The minimum absolute atomic E-state index is 0.357. The van der Waals surface area contributed by atoms with Crippen LogP contribution in [0.5, 0.6) is 11.5 Å². The van der Waals surface area contributed by atoms with Crippen molar-refractivity contribution in [3.8, 4) is 11.5 Å². The molecule has 16 heavy (non-hydrogen) atoms. The topological polar surface area (TPSA) is 27.1 Å². The molecular formula is C13H16N2O. The van der Waals surface area contributed by atoms with Crippen LogP contribution in [0.1, 0.15) is 25.5 Å². The van der Waals surface area contributed by atoms with E-state index in [1.165, 1.54) is 5.56 Å². The molecule has 0 unspecified atom stereocenters. The van der Waals surface area contributed by atoms with Crippen molar-refractivity contribution in [2.24, 2.45) is 0 Å². The Bertz CT molecular complexity index is 457. The van der Waals surface area contributed by atoms with Crippen LogP contribution in [0.15, 0.2) is 36.7 Å². The third-order valence-corrected chi connectivity index (χ3v) is 2.36. The van der Waals surface area contributed by atoms with E-state index in [-0.39, 0.29) is 0 Å². The van der Waals surface area contributed by atoms with Crippen LogP contribution < -0.4 is 4.74 Å². The molecule has 3 heteroatoms. The van der Waals surface area contributed by atoms with Gasteiger partial charge in [-0.25, -0.2) is 0 Å². The molecule has 0 saturated heterocycles. The quantitative estimate of drug-likeness (QED) is 0.784. The first-order valence-electron chi connectivity index (χ1n) is 5.44. The number of ether oxygens (including phenoxy) is 1. The van der Waals surface area contributed by atoms with Gasteiger partial charge in [0.05, 0.1) is 12.4 Å². The molecule has 0 fully saturated rings. The van der Waals surface area contributed by atoms with Gasteiger partial charge in [0.1, 0.15) is 5.75 Å². The Morgan fingerprint density at radius 1 is 1.12 bits per heavy atom. The molecule has 3 nitrogen and oxygen atoms in total. The minimum atomic E-state index is 0.357. The molecule has 2 rings (SSSR count). The molecule has 0 atom stereocenters. The average molecular weight is 216 g/mol. The number of aryl methyl sites for hydroxylation is 1. The SMILES string of the molecule is Cc1ccc(Oc2cnn(C(C)C)c2)cc1. The highest BCUT2D eigenvalue weighted by atomic mass is 16.5. The third kappa shape index (κ3) is 2.42. The highest BCUT2D eigenvalue weighted by Gasteiger charge is 2.03. The van der Waals surface area contributed by atoms with Gasteiger partial charge in [-0.15, -0.1) is 0 Å². The van der Waals surface area contributed by atoms with E-state index in [0.29, 0.717) is 6.04 Å². The van der Waals surface area contributed by atoms with Crippen molar-refractivity contribution >= 4 is 0 Å². The molecule has 0 bridgehead atoms. The minimum Gasteiger partial charge on any atom is -0.454 e. The Hall–Kier alpha value is -1.77. The molecular weight excluding hydrogens is 200 g/mol. The van der Waals surface area contributed by atoms with Gasteiger partial charge in [0, 0.05) is 6.04 Å². The van der Waals surface area contributed by atoms with Crippen molar-refractivity contribution in [2.75, 3.05) is 0 Å². The second-order valence-electron chi connectivity index (χ2n) is 4.16. The van der Waals surface area contributed by atoms with Crippen molar-refractivity contribution in [1.82, 2.24) is 9.78 Å². The zero-order chi connectivity index (χ0) is 11.5. The maximum absolute atomic E-state index is 5.68. The maximum atomic E-state index is 5.68. The van der Waals surface area contributed by atoms with E-state index in [1.807, 2.05) is 35.1 Å². The lowest BCUT2D eigenvalue weighted by Crippen LogP contribution is -1.99. The highest BCUT2D eigenvalue weighted by Crippen LogP contribution is 2.21. The highest BCUT2D eigenvalue weighted by molar-refractivity contribution is 5.30. The Morgan fingerprint density at radius 3 is 2.38 bits per heavy atom. The molecule has 0 radical (unpaired) electrons. The van der Waals surface area contributed by atoms with E-state index < -0.39 is 0 Å². The number of nitrogens with zero attached hydrogens (tertiary/aromatic N) is 2. The summed E-state index contributed by atoms with van der Waals surface area (Å²) in [4.78, 5) is 0. The van der Waals surface area contributed by atoms with Crippen LogP contribution in [0.25, 0.3) is 0 Å². The van der Waals surface area contributed by atoms with E-state index in [9.17, 15) is 0 Å². The van der Waals surface area contributed by atoms with Crippen molar-refractivity contribution in [2.45, 2.75) is 26.8 Å². The van der Waals surface area contributed by atoms with Gasteiger partial charge in [-0.3, -0.25) is 4.68 Å². The molecule has 0 aliphatic rings. The lowest BCUT2D eigenvalue weighted by molar-refractivity contribution is 0.477. The van der Waals surface area contributed by atoms with Gasteiger partial charge >= 0.3 is 0 Å². The first kappa shape index (κ1) is 10.7. The summed E-state index contributed by atoms with van der Waals surface area (Å²) in [5.74, 6) is 1.62. The Morgan fingerprint density at radius 2 is 1.81 bits per heavy atom. The van der Waals surface area contributed by atoms with Gasteiger partial charge < -0.3 is 4.74 Å². The zero-order valence-corrected chi connectivity index (χ0v) is 9.84. The van der Waals surface area contributed by atoms with Crippen molar-refractivity contribution in [3.63, 3.8) is 0 Å². The third-order valence-electron chi connectivity index (χ3n) is 2.36. The summed E-state index contributed by atoms with van der Waals surface area (Å²) in [5, 5.41) is 4.22. The van der Waals surface area contributed by atoms with Crippen LogP contribution in [0.4, 0.5) is 0 Å². The largest absolute Gasteiger partial charge is 0.454 e. The number of benzene rings is 1. The summed E-state index contributed by atoms with van der Waals surface area (Å²) in [5.41, 5.74) is 1.23. The molecule has 1 aromatic heterocycles. The molecule has 1 heterocycles. The number of aromatic nitrogens is 2. The van der Waals surface area contributed by atoms with Gasteiger partial charge in [0.2, 0.25) is 0 Å². The van der Waals surface area contributed by atoms with Crippen LogP contribution in [0.2, 0.25) is 0 Å². The molecule has 0 amide bonds. The summed E-state index contributed by atoms with van der Waals surface area (Å²) in [6.07, 6.45) is 3.64. The molecule has 0 saturated carbocycles.